The van der Waals surface area contributed by atoms with Gasteiger partial charge in [0.25, 0.3) is 5.91 Å². The summed E-state index contributed by atoms with van der Waals surface area (Å²) in [6.45, 7) is 0.832. The highest BCUT2D eigenvalue weighted by molar-refractivity contribution is 5.86. The lowest BCUT2D eigenvalue weighted by atomic mass is 10.0. The fourth-order valence-electron chi connectivity index (χ4n) is 5.68. The number of aryl methyl sites for hydroxylation is 2. The van der Waals surface area contributed by atoms with E-state index < -0.39 is 29.5 Å². The number of methoxy groups -OCH3 is 4. The number of alkyl halides is 2. The number of aromatic nitrogens is 1. The number of benzene rings is 2. The highest BCUT2D eigenvalue weighted by Crippen LogP contribution is 2.43. The standard InChI is InChI=1S/C35H43F2N3O7/c1-43-29-15-13-25(14-16-29)10-6-18-39(19-7-11-26-9-5-17-38-23-26)34(42)47-24-28-12-8-20-40(28)33(41)35(36,37)27-21-30(44-2)32(46-4)31(22-27)45-3/h5,9,13-17,21-23,28H,6-8,10-12,18-20,24H2,1-4H3. The molecular weight excluding hydrogens is 612 g/mol. The fourth-order valence-corrected chi connectivity index (χ4v) is 5.68. The van der Waals surface area contributed by atoms with Crippen LogP contribution in [0.1, 0.15) is 42.4 Å². The molecule has 1 aromatic heterocycles. The van der Waals surface area contributed by atoms with Crippen molar-refractivity contribution in [2.75, 3.05) is 54.7 Å². The number of pyridine rings is 1. The summed E-state index contributed by atoms with van der Waals surface area (Å²) in [5.41, 5.74) is 1.59. The molecule has 0 spiro atoms. The Hall–Kier alpha value is -4.61. The number of halogens is 2. The average Bonchev–Trinajstić information content (AvgIpc) is 3.58. The molecule has 2 heterocycles. The van der Waals surface area contributed by atoms with Gasteiger partial charge in [0.2, 0.25) is 5.75 Å². The maximum Gasteiger partial charge on any atom is 0.409 e. The number of hydrogen-bond acceptors (Lipinski definition) is 8. The van der Waals surface area contributed by atoms with Crippen molar-refractivity contribution >= 4 is 12.0 Å². The van der Waals surface area contributed by atoms with Crippen molar-refractivity contribution in [1.82, 2.24) is 14.8 Å². The molecule has 1 saturated heterocycles. The Morgan fingerprint density at radius 3 is 2.15 bits per heavy atom. The van der Waals surface area contributed by atoms with Crippen molar-refractivity contribution in [3.05, 3.63) is 77.6 Å². The van der Waals surface area contributed by atoms with Crippen LogP contribution in [-0.2, 0) is 28.3 Å². The molecule has 0 bridgehead atoms. The predicted octanol–water partition coefficient (Wildman–Crippen LogP) is 5.90. The Morgan fingerprint density at radius 2 is 1.57 bits per heavy atom. The Kier molecular flexibility index (Phi) is 12.6. The Labute approximate surface area is 274 Å². The van der Waals surface area contributed by atoms with E-state index >= 15 is 8.78 Å². The third-order valence-electron chi connectivity index (χ3n) is 8.26. The first-order chi connectivity index (χ1) is 22.7. The number of ether oxygens (including phenoxy) is 5. The summed E-state index contributed by atoms with van der Waals surface area (Å²) in [6.07, 6.45) is 6.78. The molecule has 12 heteroatoms. The monoisotopic (exact) mass is 655 g/mol. The minimum absolute atomic E-state index is 0.0110. The molecule has 3 aromatic rings. The zero-order chi connectivity index (χ0) is 33.8. The van der Waals surface area contributed by atoms with Crippen molar-refractivity contribution in [1.29, 1.82) is 0 Å². The summed E-state index contributed by atoms with van der Waals surface area (Å²) in [4.78, 5) is 33.5. The third kappa shape index (κ3) is 9.02. The van der Waals surface area contributed by atoms with Crippen LogP contribution in [-0.4, -0.2) is 87.5 Å². The lowest BCUT2D eigenvalue weighted by Gasteiger charge is -2.30. The quantitative estimate of drug-likeness (QED) is 0.188. The molecule has 0 radical (unpaired) electrons. The summed E-state index contributed by atoms with van der Waals surface area (Å²) in [5, 5.41) is 0. The van der Waals surface area contributed by atoms with Gasteiger partial charge < -0.3 is 33.5 Å². The van der Waals surface area contributed by atoms with Crippen LogP contribution in [0.4, 0.5) is 13.6 Å². The topological polar surface area (TPSA) is 99.7 Å². The minimum Gasteiger partial charge on any atom is -0.497 e. The smallest absolute Gasteiger partial charge is 0.409 e. The van der Waals surface area contributed by atoms with Gasteiger partial charge in [-0.25, -0.2) is 4.79 Å². The van der Waals surface area contributed by atoms with Crippen molar-refractivity contribution in [3.63, 3.8) is 0 Å². The zero-order valence-electron chi connectivity index (χ0n) is 27.4. The van der Waals surface area contributed by atoms with E-state index in [0.29, 0.717) is 38.8 Å². The van der Waals surface area contributed by atoms with Gasteiger partial charge in [-0.2, -0.15) is 8.78 Å². The molecule has 0 aliphatic carbocycles. The van der Waals surface area contributed by atoms with E-state index in [4.69, 9.17) is 23.7 Å². The van der Waals surface area contributed by atoms with Gasteiger partial charge in [-0.15, -0.1) is 0 Å². The van der Waals surface area contributed by atoms with Gasteiger partial charge in [-0.1, -0.05) is 18.2 Å². The number of carbonyl (C=O) groups is 2. The van der Waals surface area contributed by atoms with E-state index in [1.807, 2.05) is 36.4 Å². The normalized spacial score (nSPS) is 14.4. The summed E-state index contributed by atoms with van der Waals surface area (Å²) in [5.74, 6) is -4.33. The summed E-state index contributed by atoms with van der Waals surface area (Å²) in [7, 11) is 5.61. The van der Waals surface area contributed by atoms with Crippen LogP contribution in [0.5, 0.6) is 23.0 Å². The molecule has 1 atom stereocenters. The summed E-state index contributed by atoms with van der Waals surface area (Å²) in [6, 6.07) is 13.1. The van der Waals surface area contributed by atoms with E-state index in [-0.39, 0.29) is 30.4 Å². The molecule has 4 rings (SSSR count). The molecule has 1 unspecified atom stereocenters. The summed E-state index contributed by atoms with van der Waals surface area (Å²) >= 11 is 0. The average molecular weight is 656 g/mol. The predicted molar refractivity (Wildman–Crippen MR) is 172 cm³/mol. The first kappa shape index (κ1) is 35.2. The third-order valence-corrected chi connectivity index (χ3v) is 8.26. The molecule has 2 amide bonds. The van der Waals surface area contributed by atoms with Crippen molar-refractivity contribution in [2.24, 2.45) is 0 Å². The first-order valence-corrected chi connectivity index (χ1v) is 15.6. The molecule has 10 nitrogen and oxygen atoms in total. The zero-order valence-corrected chi connectivity index (χ0v) is 27.4. The molecule has 2 aromatic carbocycles. The minimum atomic E-state index is -3.89. The van der Waals surface area contributed by atoms with Crippen LogP contribution in [0.3, 0.4) is 0 Å². The molecule has 0 N–H and O–H groups in total. The number of likely N-dealkylation sites (tertiary alicyclic amines) is 1. The molecule has 1 fully saturated rings. The van der Waals surface area contributed by atoms with E-state index in [1.165, 1.54) is 21.3 Å². The highest BCUT2D eigenvalue weighted by Gasteiger charge is 2.48. The number of rotatable bonds is 16. The van der Waals surface area contributed by atoms with Crippen molar-refractivity contribution in [3.8, 4) is 23.0 Å². The van der Waals surface area contributed by atoms with Crippen molar-refractivity contribution in [2.45, 2.75) is 50.5 Å². The van der Waals surface area contributed by atoms with Crippen LogP contribution >= 0.6 is 0 Å². The molecule has 47 heavy (non-hydrogen) atoms. The van der Waals surface area contributed by atoms with Gasteiger partial charge in [0, 0.05) is 37.6 Å². The van der Waals surface area contributed by atoms with Gasteiger partial charge in [0.05, 0.1) is 34.5 Å². The van der Waals surface area contributed by atoms with Crippen molar-refractivity contribution < 1.29 is 42.1 Å². The van der Waals surface area contributed by atoms with E-state index in [1.54, 1.807) is 24.4 Å². The van der Waals surface area contributed by atoms with Gasteiger partial charge >= 0.3 is 12.0 Å². The van der Waals surface area contributed by atoms with E-state index in [9.17, 15) is 9.59 Å². The highest BCUT2D eigenvalue weighted by atomic mass is 19.3. The van der Waals surface area contributed by atoms with Gasteiger partial charge in [-0.05, 0) is 80.0 Å². The van der Waals surface area contributed by atoms with Gasteiger partial charge in [-0.3, -0.25) is 9.78 Å². The van der Waals surface area contributed by atoms with Crippen LogP contribution in [0.25, 0.3) is 0 Å². The van der Waals surface area contributed by atoms with Gasteiger partial charge in [0.15, 0.2) is 11.5 Å². The largest absolute Gasteiger partial charge is 0.497 e. The lowest BCUT2D eigenvalue weighted by Crippen LogP contribution is -2.47. The second kappa shape index (κ2) is 16.8. The fraction of sp³-hybridized carbons (Fsp3) is 0.457. The van der Waals surface area contributed by atoms with Crippen LogP contribution < -0.4 is 18.9 Å². The second-order valence-electron chi connectivity index (χ2n) is 11.3. The van der Waals surface area contributed by atoms with E-state index in [2.05, 4.69) is 4.98 Å². The van der Waals surface area contributed by atoms with Crippen LogP contribution in [0.15, 0.2) is 60.9 Å². The number of nitrogens with zero attached hydrogens (tertiary/aromatic N) is 3. The van der Waals surface area contributed by atoms with E-state index in [0.717, 1.165) is 46.8 Å². The van der Waals surface area contributed by atoms with Crippen LogP contribution in [0, 0.1) is 0 Å². The number of hydrogen-bond donors (Lipinski definition) is 0. The maximum absolute atomic E-state index is 15.7. The molecule has 1 aliphatic heterocycles. The van der Waals surface area contributed by atoms with Crippen LogP contribution in [0.2, 0.25) is 0 Å². The maximum atomic E-state index is 15.7. The summed E-state index contributed by atoms with van der Waals surface area (Å²) < 4.78 is 58.0. The molecule has 254 valence electrons. The Balaban J connectivity index is 1.40. The number of amides is 2. The Morgan fingerprint density at radius 1 is 0.915 bits per heavy atom. The van der Waals surface area contributed by atoms with Gasteiger partial charge in [0.1, 0.15) is 12.4 Å². The molecule has 0 saturated carbocycles. The first-order valence-electron chi connectivity index (χ1n) is 15.6. The number of carbonyl (C=O) groups excluding carboxylic acids is 2. The second-order valence-corrected chi connectivity index (χ2v) is 11.3. The molecular formula is C35H43F2N3O7. The molecule has 1 aliphatic rings. The lowest BCUT2D eigenvalue weighted by molar-refractivity contribution is -0.160. The Bertz CT molecular complexity index is 1430. The SMILES string of the molecule is COc1ccc(CCCN(CCCc2cccnc2)C(=O)OCC2CCCN2C(=O)C(F)(F)c2cc(OC)c(OC)c(OC)c2)cc1.